The van der Waals surface area contributed by atoms with Crippen molar-refractivity contribution in [2.75, 3.05) is 13.1 Å². The molecule has 1 amide bonds. The summed E-state index contributed by atoms with van der Waals surface area (Å²) in [5, 5.41) is 3.80. The van der Waals surface area contributed by atoms with E-state index in [1.54, 1.807) is 6.07 Å². The Kier molecular flexibility index (Phi) is 6.26. The maximum Gasteiger partial charge on any atom is 0.258 e. The van der Waals surface area contributed by atoms with E-state index in [1.807, 2.05) is 30.0 Å². The third-order valence-corrected chi connectivity index (χ3v) is 5.90. The van der Waals surface area contributed by atoms with Gasteiger partial charge in [-0.1, -0.05) is 45.7 Å². The van der Waals surface area contributed by atoms with Crippen molar-refractivity contribution in [3.05, 3.63) is 40.4 Å². The minimum absolute atomic E-state index is 0.0472. The van der Waals surface area contributed by atoms with Crippen LogP contribution in [0.4, 0.5) is 0 Å². The van der Waals surface area contributed by atoms with E-state index in [9.17, 15) is 9.59 Å². The summed E-state index contributed by atoms with van der Waals surface area (Å²) < 4.78 is 0. The van der Waals surface area contributed by atoms with E-state index in [0.29, 0.717) is 48.2 Å². The Bertz CT molecular complexity index is 847. The number of carbonyl (C=O) groups is 1. The number of amides is 1. The lowest BCUT2D eigenvalue weighted by Gasteiger charge is -2.35. The molecular weight excluding hydrogens is 340 g/mol. The Morgan fingerprint density at radius 2 is 2.07 bits per heavy atom. The number of para-hydroxylation sites is 1. The summed E-state index contributed by atoms with van der Waals surface area (Å²) >= 11 is 0. The second kappa shape index (κ2) is 8.65. The highest BCUT2D eigenvalue weighted by molar-refractivity contribution is 5.78. The first-order chi connectivity index (χ1) is 13.0. The van der Waals surface area contributed by atoms with Crippen LogP contribution in [-0.4, -0.2) is 39.9 Å². The quantitative estimate of drug-likeness (QED) is 0.819. The van der Waals surface area contributed by atoms with Gasteiger partial charge >= 0.3 is 0 Å². The van der Waals surface area contributed by atoms with Gasteiger partial charge in [-0.3, -0.25) is 14.5 Å². The van der Waals surface area contributed by atoms with E-state index >= 15 is 0 Å². The standard InChI is InChI=1S/C21H30N4O2/c1-4-25(13-20(26)23-17-11-7-8-14(2)15(17)3)12-19-22-18-10-6-5-9-16(18)21(27)24-19/h5-6,9-10,14-15,17H,4,7-8,11-13H2,1-3H3,(H,23,26)(H,22,24,27). The number of hydrogen-bond donors (Lipinski definition) is 2. The van der Waals surface area contributed by atoms with Gasteiger partial charge in [0.2, 0.25) is 5.91 Å². The third-order valence-electron chi connectivity index (χ3n) is 5.90. The normalized spacial score (nSPS) is 22.9. The van der Waals surface area contributed by atoms with Crippen molar-refractivity contribution >= 4 is 16.8 Å². The molecule has 2 N–H and O–H groups in total. The van der Waals surface area contributed by atoms with Gasteiger partial charge in [0.15, 0.2) is 0 Å². The second-order valence-corrected chi connectivity index (χ2v) is 7.77. The third kappa shape index (κ3) is 4.75. The van der Waals surface area contributed by atoms with Crippen molar-refractivity contribution in [2.45, 2.75) is 52.6 Å². The fourth-order valence-electron chi connectivity index (χ4n) is 3.94. The predicted molar refractivity (Wildman–Crippen MR) is 107 cm³/mol. The number of nitrogens with one attached hydrogen (secondary N) is 2. The zero-order valence-electron chi connectivity index (χ0n) is 16.5. The Morgan fingerprint density at radius 3 is 2.85 bits per heavy atom. The molecule has 1 aromatic carbocycles. The number of aromatic nitrogens is 2. The number of rotatable bonds is 6. The zero-order valence-corrected chi connectivity index (χ0v) is 16.5. The molecule has 1 aliphatic carbocycles. The van der Waals surface area contributed by atoms with E-state index in [4.69, 9.17) is 0 Å². The zero-order chi connectivity index (χ0) is 19.4. The van der Waals surface area contributed by atoms with Gasteiger partial charge in [0, 0.05) is 6.04 Å². The molecule has 0 radical (unpaired) electrons. The second-order valence-electron chi connectivity index (χ2n) is 7.77. The number of fused-ring (bicyclic) bond motifs is 1. The molecule has 146 valence electrons. The van der Waals surface area contributed by atoms with Crippen LogP contribution in [0.15, 0.2) is 29.1 Å². The van der Waals surface area contributed by atoms with E-state index in [-0.39, 0.29) is 17.5 Å². The molecule has 1 aromatic heterocycles. The Morgan fingerprint density at radius 1 is 1.30 bits per heavy atom. The topological polar surface area (TPSA) is 78.1 Å². The molecule has 6 heteroatoms. The molecule has 3 rings (SSSR count). The summed E-state index contributed by atoms with van der Waals surface area (Å²) in [4.78, 5) is 34.2. The van der Waals surface area contributed by atoms with Crippen molar-refractivity contribution in [2.24, 2.45) is 11.8 Å². The van der Waals surface area contributed by atoms with Gasteiger partial charge in [-0.2, -0.15) is 0 Å². The van der Waals surface area contributed by atoms with Gasteiger partial charge in [-0.05, 0) is 36.9 Å². The average molecular weight is 370 g/mol. The lowest BCUT2D eigenvalue weighted by molar-refractivity contribution is -0.123. The molecule has 2 aromatic rings. The van der Waals surface area contributed by atoms with Crippen LogP contribution in [0.5, 0.6) is 0 Å². The van der Waals surface area contributed by atoms with Gasteiger partial charge in [0.05, 0.1) is 24.0 Å². The Labute approximate surface area is 160 Å². The highest BCUT2D eigenvalue weighted by atomic mass is 16.2. The minimum atomic E-state index is -0.138. The maximum atomic E-state index is 12.6. The molecule has 3 atom stereocenters. The first-order valence-electron chi connectivity index (χ1n) is 9.97. The van der Waals surface area contributed by atoms with Crippen LogP contribution in [0.2, 0.25) is 0 Å². The fraction of sp³-hybridized carbons (Fsp3) is 0.571. The predicted octanol–water partition coefficient (Wildman–Crippen LogP) is 2.69. The van der Waals surface area contributed by atoms with Gasteiger partial charge < -0.3 is 10.3 Å². The molecule has 6 nitrogen and oxygen atoms in total. The SMILES string of the molecule is CCN(CC(=O)NC1CCCC(C)C1C)Cc1nc2ccccc2c(=O)[nH]1. The number of nitrogens with zero attached hydrogens (tertiary/aromatic N) is 2. The first-order valence-corrected chi connectivity index (χ1v) is 9.97. The van der Waals surface area contributed by atoms with Crippen molar-refractivity contribution in [3.63, 3.8) is 0 Å². The lowest BCUT2D eigenvalue weighted by Crippen LogP contribution is -2.47. The largest absolute Gasteiger partial charge is 0.352 e. The minimum Gasteiger partial charge on any atom is -0.352 e. The molecule has 0 bridgehead atoms. The van der Waals surface area contributed by atoms with Gasteiger partial charge in [0.25, 0.3) is 5.56 Å². The molecular formula is C21H30N4O2. The van der Waals surface area contributed by atoms with Crippen molar-refractivity contribution in [1.82, 2.24) is 20.2 Å². The van der Waals surface area contributed by atoms with Crippen LogP contribution in [0.1, 0.15) is 45.9 Å². The van der Waals surface area contributed by atoms with E-state index < -0.39 is 0 Å². The Balaban J connectivity index is 1.63. The van der Waals surface area contributed by atoms with Gasteiger partial charge in [0.1, 0.15) is 5.82 Å². The summed E-state index contributed by atoms with van der Waals surface area (Å²) in [6, 6.07) is 7.56. The molecule has 0 spiro atoms. The Hall–Kier alpha value is -2.21. The summed E-state index contributed by atoms with van der Waals surface area (Å²) in [6.45, 7) is 7.97. The van der Waals surface area contributed by atoms with Crippen LogP contribution in [0.25, 0.3) is 10.9 Å². The van der Waals surface area contributed by atoms with E-state index in [2.05, 4.69) is 29.1 Å². The number of likely N-dealkylation sites (N-methyl/N-ethyl adjacent to an activating group) is 1. The van der Waals surface area contributed by atoms with E-state index in [0.717, 1.165) is 6.42 Å². The average Bonchev–Trinajstić information content (AvgIpc) is 2.65. The van der Waals surface area contributed by atoms with Crippen LogP contribution < -0.4 is 10.9 Å². The van der Waals surface area contributed by atoms with Crippen LogP contribution in [0, 0.1) is 11.8 Å². The van der Waals surface area contributed by atoms with Crippen LogP contribution >= 0.6 is 0 Å². The van der Waals surface area contributed by atoms with Gasteiger partial charge in [-0.25, -0.2) is 4.98 Å². The van der Waals surface area contributed by atoms with Crippen LogP contribution in [0.3, 0.4) is 0 Å². The lowest BCUT2D eigenvalue weighted by atomic mass is 9.78. The summed E-state index contributed by atoms with van der Waals surface area (Å²) in [5.41, 5.74) is 0.544. The molecule has 3 unspecified atom stereocenters. The maximum absolute atomic E-state index is 12.6. The van der Waals surface area contributed by atoms with E-state index in [1.165, 1.54) is 12.8 Å². The molecule has 1 aliphatic rings. The van der Waals surface area contributed by atoms with Crippen molar-refractivity contribution in [1.29, 1.82) is 0 Å². The molecule has 1 saturated carbocycles. The van der Waals surface area contributed by atoms with Crippen molar-refractivity contribution in [3.8, 4) is 0 Å². The molecule has 0 aliphatic heterocycles. The highest BCUT2D eigenvalue weighted by Crippen LogP contribution is 2.29. The highest BCUT2D eigenvalue weighted by Gasteiger charge is 2.28. The number of carbonyl (C=O) groups excluding carboxylic acids is 1. The van der Waals surface area contributed by atoms with Gasteiger partial charge in [-0.15, -0.1) is 0 Å². The molecule has 0 saturated heterocycles. The van der Waals surface area contributed by atoms with Crippen LogP contribution in [-0.2, 0) is 11.3 Å². The number of H-pyrrole nitrogens is 1. The van der Waals surface area contributed by atoms with Crippen molar-refractivity contribution < 1.29 is 4.79 Å². The molecule has 1 fully saturated rings. The smallest absolute Gasteiger partial charge is 0.258 e. The number of aromatic amines is 1. The monoisotopic (exact) mass is 370 g/mol. The fourth-order valence-corrected chi connectivity index (χ4v) is 3.94. The number of hydrogen-bond acceptors (Lipinski definition) is 4. The molecule has 27 heavy (non-hydrogen) atoms. The summed E-state index contributed by atoms with van der Waals surface area (Å²) in [6.07, 6.45) is 3.48. The number of benzene rings is 1. The first kappa shape index (κ1) is 19.5. The summed E-state index contributed by atoms with van der Waals surface area (Å²) in [5.74, 6) is 1.80. The summed E-state index contributed by atoms with van der Waals surface area (Å²) in [7, 11) is 0. The molecule has 1 heterocycles.